The molecule has 1 aromatic heterocycles. The molecule has 0 aliphatic heterocycles. The van der Waals surface area contributed by atoms with Crippen molar-refractivity contribution in [1.29, 1.82) is 0 Å². The molecule has 0 amide bonds. The van der Waals surface area contributed by atoms with Crippen molar-refractivity contribution in [2.75, 3.05) is 10.7 Å². The summed E-state index contributed by atoms with van der Waals surface area (Å²) in [5, 5.41) is 2.94. The van der Waals surface area contributed by atoms with Gasteiger partial charge >= 0.3 is 0 Å². The second-order valence-corrected chi connectivity index (χ2v) is 4.52. The minimum absolute atomic E-state index is 0.0347. The quantitative estimate of drug-likeness (QED) is 0.547. The summed E-state index contributed by atoms with van der Waals surface area (Å²) in [6.07, 6.45) is 3.45. The molecule has 17 heavy (non-hydrogen) atoms. The van der Waals surface area contributed by atoms with E-state index in [0.29, 0.717) is 0 Å². The zero-order chi connectivity index (χ0) is 12.4. The number of nitrogens with two attached hydrogens (primary N) is 1. The topological polar surface area (TPSA) is 63.0 Å². The summed E-state index contributed by atoms with van der Waals surface area (Å²) < 4.78 is 26.6. The number of anilines is 2. The van der Waals surface area contributed by atoms with Gasteiger partial charge in [0.25, 0.3) is 0 Å². The van der Waals surface area contributed by atoms with Gasteiger partial charge in [0.05, 0.1) is 0 Å². The molecule has 1 saturated carbocycles. The number of nitrogens with zero attached hydrogens (tertiary/aromatic N) is 1. The summed E-state index contributed by atoms with van der Waals surface area (Å²) in [5.41, 5.74) is 2.10. The van der Waals surface area contributed by atoms with Crippen LogP contribution >= 0.6 is 0 Å². The van der Waals surface area contributed by atoms with Crippen molar-refractivity contribution in [3.63, 3.8) is 0 Å². The lowest BCUT2D eigenvalue weighted by Crippen LogP contribution is -2.19. The van der Waals surface area contributed by atoms with Gasteiger partial charge in [0.15, 0.2) is 23.3 Å². The first-order chi connectivity index (χ1) is 8.10. The fourth-order valence-corrected chi connectivity index (χ4v) is 1.81. The molecular formula is C11H16F2N4. The Morgan fingerprint density at radius 3 is 2.65 bits per heavy atom. The molecule has 4 N–H and O–H groups in total. The van der Waals surface area contributed by atoms with Crippen molar-refractivity contribution in [1.82, 2.24) is 4.98 Å². The summed E-state index contributed by atoms with van der Waals surface area (Å²) >= 11 is 0. The fraction of sp³-hybridized carbons (Fsp3) is 0.545. The smallest absolute Gasteiger partial charge is 0.178 e. The molecule has 0 saturated heterocycles. The fourth-order valence-electron chi connectivity index (χ4n) is 1.81. The molecule has 1 aliphatic rings. The van der Waals surface area contributed by atoms with Crippen molar-refractivity contribution in [3.8, 4) is 0 Å². The Bertz CT molecular complexity index is 407. The summed E-state index contributed by atoms with van der Waals surface area (Å²) in [7, 11) is 0. The zero-order valence-electron chi connectivity index (χ0n) is 9.63. The van der Waals surface area contributed by atoms with Crippen LogP contribution in [0.3, 0.4) is 0 Å². The largest absolute Gasteiger partial charge is 0.365 e. The summed E-state index contributed by atoms with van der Waals surface area (Å²) in [4.78, 5) is 3.76. The average Bonchev–Trinajstić information content (AvgIpc) is 3.06. The molecule has 1 unspecified atom stereocenters. The van der Waals surface area contributed by atoms with E-state index >= 15 is 0 Å². The van der Waals surface area contributed by atoms with Gasteiger partial charge in [0, 0.05) is 12.1 Å². The van der Waals surface area contributed by atoms with E-state index in [9.17, 15) is 8.78 Å². The highest BCUT2D eigenvalue weighted by Gasteiger charge is 2.24. The Morgan fingerprint density at radius 1 is 1.41 bits per heavy atom. The van der Waals surface area contributed by atoms with Gasteiger partial charge in [-0.25, -0.2) is 19.6 Å². The Balaban J connectivity index is 2.07. The van der Waals surface area contributed by atoms with Crippen LogP contribution < -0.4 is 16.6 Å². The maximum absolute atomic E-state index is 13.4. The second-order valence-electron chi connectivity index (χ2n) is 4.52. The van der Waals surface area contributed by atoms with Crippen LogP contribution in [0.5, 0.6) is 0 Å². The van der Waals surface area contributed by atoms with Crippen LogP contribution in [0.25, 0.3) is 0 Å². The Labute approximate surface area is 98.6 Å². The van der Waals surface area contributed by atoms with Crippen molar-refractivity contribution in [2.24, 2.45) is 11.8 Å². The molecule has 0 bridgehead atoms. The number of pyridine rings is 1. The lowest BCUT2D eigenvalue weighted by Gasteiger charge is -2.15. The molecule has 94 valence electrons. The molecule has 1 aromatic rings. The third-order valence-electron chi connectivity index (χ3n) is 2.83. The van der Waals surface area contributed by atoms with Crippen molar-refractivity contribution in [2.45, 2.75) is 32.2 Å². The van der Waals surface area contributed by atoms with Crippen LogP contribution in [0.1, 0.15) is 26.2 Å². The SMILES string of the molecule is CC(CC1CC1)Nc1nc(NN)c(F)cc1F. The van der Waals surface area contributed by atoms with E-state index in [1.165, 1.54) is 12.8 Å². The maximum Gasteiger partial charge on any atom is 0.178 e. The number of hydrogen-bond acceptors (Lipinski definition) is 4. The molecule has 0 spiro atoms. The lowest BCUT2D eigenvalue weighted by molar-refractivity contribution is 0.571. The Kier molecular flexibility index (Phi) is 3.42. The van der Waals surface area contributed by atoms with Crippen molar-refractivity contribution >= 4 is 11.6 Å². The van der Waals surface area contributed by atoms with Gasteiger partial charge in [0.2, 0.25) is 0 Å². The molecule has 1 aliphatic carbocycles. The average molecular weight is 242 g/mol. The van der Waals surface area contributed by atoms with E-state index in [1.807, 2.05) is 6.92 Å². The highest BCUT2D eigenvalue weighted by molar-refractivity contribution is 5.47. The number of aromatic nitrogens is 1. The monoisotopic (exact) mass is 242 g/mol. The minimum Gasteiger partial charge on any atom is -0.365 e. The molecule has 1 atom stereocenters. The van der Waals surface area contributed by atoms with E-state index in [0.717, 1.165) is 18.4 Å². The molecule has 1 heterocycles. The molecule has 4 nitrogen and oxygen atoms in total. The third-order valence-corrected chi connectivity index (χ3v) is 2.83. The van der Waals surface area contributed by atoms with Crippen molar-refractivity contribution in [3.05, 3.63) is 17.7 Å². The lowest BCUT2D eigenvalue weighted by atomic mass is 10.1. The van der Waals surface area contributed by atoms with Gasteiger partial charge in [-0.1, -0.05) is 12.8 Å². The number of halogens is 2. The van der Waals surface area contributed by atoms with Crippen LogP contribution in [-0.4, -0.2) is 11.0 Å². The van der Waals surface area contributed by atoms with Gasteiger partial charge in [-0.3, -0.25) is 0 Å². The molecule has 0 aromatic carbocycles. The number of rotatable bonds is 5. The first-order valence-electron chi connectivity index (χ1n) is 5.69. The number of hydrazine groups is 1. The van der Waals surface area contributed by atoms with Gasteiger partial charge in [-0.05, 0) is 19.3 Å². The summed E-state index contributed by atoms with van der Waals surface area (Å²) in [5.74, 6) is 4.19. The zero-order valence-corrected chi connectivity index (χ0v) is 9.63. The number of nitrogens with one attached hydrogen (secondary N) is 2. The standard InChI is InChI=1S/C11H16F2N4/c1-6(4-7-2-3-7)15-10-8(12)5-9(13)11(16-10)17-14/h5-7H,2-4,14H2,1H3,(H2,15,16,17). The Morgan fingerprint density at radius 2 is 2.06 bits per heavy atom. The number of hydrogen-bond donors (Lipinski definition) is 3. The van der Waals surface area contributed by atoms with Gasteiger partial charge in [-0.15, -0.1) is 0 Å². The molecule has 1 fully saturated rings. The van der Waals surface area contributed by atoms with E-state index in [2.05, 4.69) is 15.7 Å². The highest BCUT2D eigenvalue weighted by Crippen LogP contribution is 2.34. The van der Waals surface area contributed by atoms with E-state index in [1.54, 1.807) is 0 Å². The first kappa shape index (κ1) is 12.0. The maximum atomic E-state index is 13.4. The molecular weight excluding hydrogens is 226 g/mol. The highest BCUT2D eigenvalue weighted by atomic mass is 19.1. The Hall–Kier alpha value is -1.43. The van der Waals surface area contributed by atoms with E-state index in [4.69, 9.17) is 5.84 Å². The minimum atomic E-state index is -0.801. The van der Waals surface area contributed by atoms with Crippen LogP contribution in [0.2, 0.25) is 0 Å². The van der Waals surface area contributed by atoms with E-state index in [-0.39, 0.29) is 17.7 Å². The molecule has 0 radical (unpaired) electrons. The summed E-state index contributed by atoms with van der Waals surface area (Å²) in [6.45, 7) is 1.96. The molecule has 2 rings (SSSR count). The summed E-state index contributed by atoms with van der Waals surface area (Å²) in [6, 6.07) is 0.884. The first-order valence-corrected chi connectivity index (χ1v) is 5.69. The van der Waals surface area contributed by atoms with Crippen LogP contribution in [-0.2, 0) is 0 Å². The van der Waals surface area contributed by atoms with Crippen LogP contribution in [0, 0.1) is 17.6 Å². The van der Waals surface area contributed by atoms with E-state index < -0.39 is 11.6 Å². The van der Waals surface area contributed by atoms with Gasteiger partial charge < -0.3 is 10.7 Å². The van der Waals surface area contributed by atoms with Crippen molar-refractivity contribution < 1.29 is 8.78 Å². The molecule has 6 heteroatoms. The number of nitrogen functional groups attached to an aromatic ring is 1. The second kappa shape index (κ2) is 4.83. The predicted molar refractivity (Wildman–Crippen MR) is 62.4 cm³/mol. The van der Waals surface area contributed by atoms with Gasteiger partial charge in [-0.2, -0.15) is 0 Å². The predicted octanol–water partition coefficient (Wildman–Crippen LogP) is 2.25. The third kappa shape index (κ3) is 3.03. The van der Waals surface area contributed by atoms with Crippen LogP contribution in [0.15, 0.2) is 6.07 Å². The van der Waals surface area contributed by atoms with Gasteiger partial charge in [0.1, 0.15) is 0 Å². The van der Waals surface area contributed by atoms with Crippen LogP contribution in [0.4, 0.5) is 20.4 Å². The normalized spacial score (nSPS) is 16.7.